The summed E-state index contributed by atoms with van der Waals surface area (Å²) in [4.78, 5) is 28.2. The maximum Gasteiger partial charge on any atom is 0.240 e. The molecule has 0 radical (unpaired) electrons. The van der Waals surface area contributed by atoms with Crippen LogP contribution in [0.2, 0.25) is 0 Å². The molecule has 2 bridgehead atoms. The molecule has 0 saturated carbocycles. The zero-order chi connectivity index (χ0) is 20.1. The number of hydrogen-bond acceptors (Lipinski definition) is 6. The van der Waals surface area contributed by atoms with Crippen molar-refractivity contribution in [1.29, 1.82) is 5.26 Å². The Hall–Kier alpha value is -2.79. The highest BCUT2D eigenvalue weighted by atomic mass is 16.7. The summed E-state index contributed by atoms with van der Waals surface area (Å²) in [6.07, 6.45) is -0.274. The van der Waals surface area contributed by atoms with E-state index in [-0.39, 0.29) is 37.0 Å². The fraction of sp³-hybridized carbons (Fsp3) is 0.409. The van der Waals surface area contributed by atoms with E-state index in [0.717, 1.165) is 10.3 Å². The second kappa shape index (κ2) is 5.22. The summed E-state index contributed by atoms with van der Waals surface area (Å²) in [5, 5.41) is 21.0. The first-order valence-electron chi connectivity index (χ1n) is 9.74. The zero-order valence-corrected chi connectivity index (χ0v) is 15.7. The summed E-state index contributed by atoms with van der Waals surface area (Å²) in [7, 11) is 0. The molecule has 4 heterocycles. The molecule has 0 aromatic heterocycles. The zero-order valence-electron chi connectivity index (χ0n) is 15.7. The summed E-state index contributed by atoms with van der Waals surface area (Å²) in [6, 6.07) is 13.1. The molecule has 4 fully saturated rings. The number of benzene rings is 2. The number of hydrogen-bond donors (Lipinski definition) is 1. The lowest BCUT2D eigenvalue weighted by molar-refractivity contribution is -0.146. The summed E-state index contributed by atoms with van der Waals surface area (Å²) in [5.41, 5.74) is -1.26. The highest BCUT2D eigenvalue weighted by Crippen LogP contribution is 2.69. The van der Waals surface area contributed by atoms with Crippen molar-refractivity contribution in [2.75, 3.05) is 11.5 Å². The molecule has 146 valence electrons. The van der Waals surface area contributed by atoms with E-state index in [0.29, 0.717) is 16.6 Å². The van der Waals surface area contributed by atoms with E-state index in [9.17, 15) is 20.0 Å². The second-order valence-corrected chi connectivity index (χ2v) is 8.45. The van der Waals surface area contributed by atoms with Crippen molar-refractivity contribution >= 4 is 28.3 Å². The Labute approximate surface area is 166 Å². The number of carbonyl (C=O) groups excluding carboxylic acids is 2. The molecule has 2 amide bonds. The summed E-state index contributed by atoms with van der Waals surface area (Å²) in [5.74, 6) is -2.13. The SMILES string of the molecule is CC12OC(CCO)(C3OC31)C1C(=O)N(c3ccc4ccccc4c3C#N)C(=O)C12. The van der Waals surface area contributed by atoms with Crippen molar-refractivity contribution in [3.63, 3.8) is 0 Å². The topological polar surface area (TPSA) is 103 Å². The molecule has 4 aliphatic rings. The lowest BCUT2D eigenvalue weighted by Crippen LogP contribution is -2.47. The number of anilines is 1. The van der Waals surface area contributed by atoms with Crippen LogP contribution in [0.5, 0.6) is 0 Å². The van der Waals surface area contributed by atoms with Gasteiger partial charge in [-0.15, -0.1) is 0 Å². The number of fused-ring (bicyclic) bond motifs is 9. The number of aliphatic hydroxyl groups is 1. The van der Waals surface area contributed by atoms with Gasteiger partial charge < -0.3 is 14.6 Å². The largest absolute Gasteiger partial charge is 0.396 e. The van der Waals surface area contributed by atoms with Gasteiger partial charge in [0.1, 0.15) is 29.5 Å². The van der Waals surface area contributed by atoms with E-state index in [4.69, 9.17) is 9.47 Å². The molecule has 4 aliphatic heterocycles. The van der Waals surface area contributed by atoms with Crippen LogP contribution in [0.15, 0.2) is 36.4 Å². The minimum absolute atomic E-state index is 0.160. The van der Waals surface area contributed by atoms with Crippen molar-refractivity contribution in [3.05, 3.63) is 42.0 Å². The van der Waals surface area contributed by atoms with Crippen LogP contribution in [0.3, 0.4) is 0 Å². The predicted octanol–water partition coefficient (Wildman–Crippen LogP) is 1.51. The number of rotatable bonds is 3. The highest BCUT2D eigenvalue weighted by molar-refractivity contribution is 6.24. The van der Waals surface area contributed by atoms with Crippen LogP contribution >= 0.6 is 0 Å². The third-order valence-electron chi connectivity index (χ3n) is 7.16. The van der Waals surface area contributed by atoms with Gasteiger partial charge in [0.05, 0.1) is 23.1 Å². The Morgan fingerprint density at radius 1 is 1.14 bits per heavy atom. The lowest BCUT2D eigenvalue weighted by atomic mass is 9.67. The monoisotopic (exact) mass is 390 g/mol. The Bertz CT molecular complexity index is 1160. The van der Waals surface area contributed by atoms with Crippen LogP contribution in [0.25, 0.3) is 10.8 Å². The second-order valence-electron chi connectivity index (χ2n) is 8.45. The van der Waals surface area contributed by atoms with Crippen LogP contribution in [-0.2, 0) is 19.1 Å². The van der Waals surface area contributed by atoms with Crippen LogP contribution < -0.4 is 4.90 Å². The number of nitriles is 1. The molecule has 0 aliphatic carbocycles. The fourth-order valence-corrected chi connectivity index (χ4v) is 5.99. The van der Waals surface area contributed by atoms with Crippen LogP contribution in [0, 0.1) is 23.2 Å². The third-order valence-corrected chi connectivity index (χ3v) is 7.16. The van der Waals surface area contributed by atoms with Gasteiger partial charge in [0.25, 0.3) is 0 Å². The minimum Gasteiger partial charge on any atom is -0.396 e. The van der Waals surface area contributed by atoms with Gasteiger partial charge in [-0.05, 0) is 18.4 Å². The molecular weight excluding hydrogens is 372 g/mol. The standard InChI is InChI=1S/C22H18N2O5/c1-21-15-16(22(29-21,8-9-25)18-17(21)28-18)20(27)24(19(15)26)14-7-6-11-4-2-3-5-12(11)13(14)10-23/h2-7,15-18,25H,8-9H2,1H3. The van der Waals surface area contributed by atoms with Gasteiger partial charge in [-0.1, -0.05) is 30.3 Å². The fourth-order valence-electron chi connectivity index (χ4n) is 5.99. The first-order valence-corrected chi connectivity index (χ1v) is 9.74. The van der Waals surface area contributed by atoms with Crippen molar-refractivity contribution in [2.45, 2.75) is 36.8 Å². The number of nitrogens with zero attached hydrogens (tertiary/aromatic N) is 2. The van der Waals surface area contributed by atoms with Gasteiger partial charge >= 0.3 is 0 Å². The Morgan fingerprint density at radius 3 is 2.66 bits per heavy atom. The summed E-state index contributed by atoms with van der Waals surface area (Å²) < 4.78 is 12.0. The van der Waals surface area contributed by atoms with Crippen molar-refractivity contribution in [2.24, 2.45) is 11.8 Å². The molecule has 6 unspecified atom stereocenters. The van der Waals surface area contributed by atoms with Gasteiger partial charge in [0.2, 0.25) is 11.8 Å². The molecule has 6 atom stereocenters. The quantitative estimate of drug-likeness (QED) is 0.629. The van der Waals surface area contributed by atoms with E-state index in [1.54, 1.807) is 6.07 Å². The maximum absolute atomic E-state index is 13.6. The number of epoxide rings is 1. The van der Waals surface area contributed by atoms with Gasteiger partial charge in [-0.2, -0.15) is 5.26 Å². The predicted molar refractivity (Wildman–Crippen MR) is 101 cm³/mol. The highest BCUT2D eigenvalue weighted by Gasteiger charge is 2.86. The Kier molecular flexibility index (Phi) is 3.08. The normalized spacial score (nSPS) is 39.0. The average molecular weight is 390 g/mol. The lowest BCUT2D eigenvalue weighted by Gasteiger charge is -2.30. The molecule has 6 rings (SSSR count). The molecule has 7 heteroatoms. The molecule has 7 nitrogen and oxygen atoms in total. The smallest absolute Gasteiger partial charge is 0.240 e. The molecule has 2 aromatic carbocycles. The summed E-state index contributed by atoms with van der Waals surface area (Å²) in [6.45, 7) is 1.66. The van der Waals surface area contributed by atoms with Crippen molar-refractivity contribution < 1.29 is 24.2 Å². The molecular formula is C22H18N2O5. The van der Waals surface area contributed by atoms with E-state index in [2.05, 4.69) is 6.07 Å². The van der Waals surface area contributed by atoms with Gasteiger partial charge in [-0.25, -0.2) is 4.90 Å². The van der Waals surface area contributed by atoms with Crippen molar-refractivity contribution in [3.8, 4) is 6.07 Å². The number of amides is 2. The molecule has 0 spiro atoms. The van der Waals surface area contributed by atoms with E-state index < -0.39 is 23.0 Å². The Morgan fingerprint density at radius 2 is 1.90 bits per heavy atom. The van der Waals surface area contributed by atoms with Gasteiger partial charge in [0.15, 0.2) is 0 Å². The number of carbonyl (C=O) groups is 2. The summed E-state index contributed by atoms with van der Waals surface area (Å²) >= 11 is 0. The van der Waals surface area contributed by atoms with Crippen LogP contribution in [-0.4, -0.2) is 46.9 Å². The van der Waals surface area contributed by atoms with E-state index in [1.807, 2.05) is 37.3 Å². The molecule has 2 aromatic rings. The van der Waals surface area contributed by atoms with Crippen LogP contribution in [0.1, 0.15) is 18.9 Å². The van der Waals surface area contributed by atoms with E-state index in [1.165, 1.54) is 0 Å². The molecule has 29 heavy (non-hydrogen) atoms. The van der Waals surface area contributed by atoms with Crippen molar-refractivity contribution in [1.82, 2.24) is 0 Å². The van der Waals surface area contributed by atoms with Gasteiger partial charge in [0, 0.05) is 18.4 Å². The average Bonchev–Trinajstić information content (AvgIpc) is 3.38. The third kappa shape index (κ3) is 1.79. The number of aliphatic hydroxyl groups excluding tert-OH is 1. The maximum atomic E-state index is 13.6. The first-order chi connectivity index (χ1) is 14.0. The molecule has 4 saturated heterocycles. The minimum atomic E-state index is -0.982. The van der Waals surface area contributed by atoms with Gasteiger partial charge in [-0.3, -0.25) is 9.59 Å². The first kappa shape index (κ1) is 17.1. The van der Waals surface area contributed by atoms with E-state index >= 15 is 0 Å². The van der Waals surface area contributed by atoms with Crippen LogP contribution in [0.4, 0.5) is 5.69 Å². The number of ether oxygens (including phenoxy) is 2. The Balaban J connectivity index is 1.52. The number of imide groups is 1. The molecule has 1 N–H and O–H groups in total.